The van der Waals surface area contributed by atoms with E-state index >= 15 is 0 Å². The number of hydrogen-bond acceptors (Lipinski definition) is 5. The second-order valence-corrected chi connectivity index (χ2v) is 8.24. The van der Waals surface area contributed by atoms with Gasteiger partial charge in [0.25, 0.3) is 5.56 Å². The molecule has 150 valence electrons. The van der Waals surface area contributed by atoms with Crippen LogP contribution in [0.1, 0.15) is 36.9 Å². The Labute approximate surface area is 164 Å². The molecule has 4 rings (SSSR count). The normalized spacial score (nSPS) is 23.7. The number of amides is 1. The zero-order valence-electron chi connectivity index (χ0n) is 16.6. The summed E-state index contributed by atoms with van der Waals surface area (Å²) in [5.74, 6) is 0.753. The lowest BCUT2D eigenvalue weighted by Gasteiger charge is -2.47. The predicted molar refractivity (Wildman–Crippen MR) is 105 cm³/mol. The van der Waals surface area contributed by atoms with Crippen molar-refractivity contribution in [2.75, 3.05) is 33.7 Å². The Morgan fingerprint density at radius 1 is 1.29 bits per heavy atom. The fraction of sp³-hybridized carbons (Fsp3) is 0.600. The zero-order chi connectivity index (χ0) is 19.7. The zero-order valence-corrected chi connectivity index (χ0v) is 16.6. The van der Waals surface area contributed by atoms with E-state index in [9.17, 15) is 9.59 Å². The highest BCUT2D eigenvalue weighted by atomic mass is 16.2. The average Bonchev–Trinajstić information content (AvgIpc) is 3.18. The van der Waals surface area contributed by atoms with Gasteiger partial charge >= 0.3 is 0 Å². The van der Waals surface area contributed by atoms with Gasteiger partial charge in [-0.3, -0.25) is 14.3 Å². The molecule has 1 saturated heterocycles. The van der Waals surface area contributed by atoms with Gasteiger partial charge in [-0.25, -0.2) is 4.98 Å². The smallest absolute Gasteiger partial charge is 0.251 e. The summed E-state index contributed by atoms with van der Waals surface area (Å²) >= 11 is 0. The Kier molecular flexibility index (Phi) is 5.30. The van der Waals surface area contributed by atoms with Crippen molar-refractivity contribution < 1.29 is 4.79 Å². The maximum atomic E-state index is 12.9. The topological polar surface area (TPSA) is 76.3 Å². The van der Waals surface area contributed by atoms with Crippen LogP contribution in [0.4, 0.5) is 0 Å². The summed E-state index contributed by atoms with van der Waals surface area (Å²) in [5, 5.41) is 4.09. The van der Waals surface area contributed by atoms with Gasteiger partial charge in [-0.15, -0.1) is 0 Å². The first-order chi connectivity index (χ1) is 13.5. The number of carbonyl (C=O) groups is 1. The van der Waals surface area contributed by atoms with Crippen LogP contribution in [0.2, 0.25) is 0 Å². The van der Waals surface area contributed by atoms with Crippen LogP contribution in [-0.2, 0) is 11.3 Å². The molecule has 0 aliphatic carbocycles. The number of likely N-dealkylation sites (N-methyl/N-ethyl adjacent to an activating group) is 1. The third kappa shape index (κ3) is 3.73. The van der Waals surface area contributed by atoms with Crippen LogP contribution in [0.25, 0.3) is 0 Å². The SMILES string of the molecule is CN(C)C[C@H]1[C@H]2C[C@H](CN(C(=O)CCCn3cncn3)C2)c2cccc(=O)n21. The summed E-state index contributed by atoms with van der Waals surface area (Å²) in [7, 11) is 4.07. The maximum Gasteiger partial charge on any atom is 0.251 e. The Balaban J connectivity index is 1.49. The molecule has 0 saturated carbocycles. The third-order valence-corrected chi connectivity index (χ3v) is 5.95. The molecule has 0 radical (unpaired) electrons. The molecule has 1 amide bonds. The summed E-state index contributed by atoms with van der Waals surface area (Å²) in [6.07, 6.45) is 5.50. The fourth-order valence-electron chi connectivity index (χ4n) is 4.75. The summed E-state index contributed by atoms with van der Waals surface area (Å²) in [5.41, 5.74) is 1.15. The van der Waals surface area contributed by atoms with Gasteiger partial charge in [0, 0.05) is 50.3 Å². The van der Waals surface area contributed by atoms with Gasteiger partial charge in [-0.1, -0.05) is 6.07 Å². The van der Waals surface area contributed by atoms with Crippen molar-refractivity contribution in [3.05, 3.63) is 46.9 Å². The van der Waals surface area contributed by atoms with Gasteiger partial charge in [0.1, 0.15) is 12.7 Å². The van der Waals surface area contributed by atoms with Gasteiger partial charge in [-0.2, -0.15) is 5.10 Å². The molecule has 2 aromatic heterocycles. The molecule has 2 aliphatic heterocycles. The number of rotatable bonds is 6. The van der Waals surface area contributed by atoms with Crippen LogP contribution < -0.4 is 5.56 Å². The van der Waals surface area contributed by atoms with E-state index in [2.05, 4.69) is 21.0 Å². The molecule has 2 aliphatic rings. The molecule has 2 aromatic rings. The number of pyridine rings is 1. The van der Waals surface area contributed by atoms with Crippen molar-refractivity contribution in [2.24, 2.45) is 5.92 Å². The van der Waals surface area contributed by atoms with E-state index in [1.54, 1.807) is 17.1 Å². The van der Waals surface area contributed by atoms with E-state index in [4.69, 9.17) is 0 Å². The molecule has 2 bridgehead atoms. The molecule has 8 nitrogen and oxygen atoms in total. The quantitative estimate of drug-likeness (QED) is 0.742. The molecule has 3 atom stereocenters. The lowest BCUT2D eigenvalue weighted by molar-refractivity contribution is -0.134. The Morgan fingerprint density at radius 3 is 2.89 bits per heavy atom. The number of aryl methyl sites for hydroxylation is 1. The van der Waals surface area contributed by atoms with Crippen LogP contribution in [0.15, 0.2) is 35.6 Å². The lowest BCUT2D eigenvalue weighted by Crippen LogP contribution is -2.52. The molecule has 0 spiro atoms. The number of piperidine rings is 1. The molecule has 0 N–H and O–H groups in total. The number of carbonyl (C=O) groups excluding carboxylic acids is 1. The minimum Gasteiger partial charge on any atom is -0.342 e. The second kappa shape index (κ2) is 7.87. The van der Waals surface area contributed by atoms with Gasteiger partial charge in [-0.05, 0) is 38.9 Å². The highest BCUT2D eigenvalue weighted by Gasteiger charge is 2.41. The van der Waals surface area contributed by atoms with E-state index in [-0.39, 0.29) is 23.4 Å². The first kappa shape index (κ1) is 18.9. The van der Waals surface area contributed by atoms with Gasteiger partial charge in [0.05, 0.1) is 6.04 Å². The Bertz CT molecular complexity index is 875. The molecule has 1 fully saturated rings. The maximum absolute atomic E-state index is 12.9. The van der Waals surface area contributed by atoms with E-state index in [1.807, 2.05) is 29.6 Å². The van der Waals surface area contributed by atoms with Crippen LogP contribution >= 0.6 is 0 Å². The van der Waals surface area contributed by atoms with Gasteiger partial charge < -0.3 is 14.4 Å². The largest absolute Gasteiger partial charge is 0.342 e. The summed E-state index contributed by atoms with van der Waals surface area (Å²) in [6.45, 7) is 2.95. The molecule has 8 heteroatoms. The van der Waals surface area contributed by atoms with Crippen molar-refractivity contribution in [3.8, 4) is 0 Å². The molecular weight excluding hydrogens is 356 g/mol. The molecule has 0 aromatic carbocycles. The van der Waals surface area contributed by atoms with Crippen molar-refractivity contribution in [1.29, 1.82) is 0 Å². The predicted octanol–water partition coefficient (Wildman–Crippen LogP) is 0.969. The number of aromatic nitrogens is 4. The number of fused-ring (bicyclic) bond motifs is 4. The van der Waals surface area contributed by atoms with Crippen molar-refractivity contribution in [1.82, 2.24) is 29.1 Å². The van der Waals surface area contributed by atoms with Crippen molar-refractivity contribution in [2.45, 2.75) is 37.8 Å². The van der Waals surface area contributed by atoms with Gasteiger partial charge in [0.2, 0.25) is 5.91 Å². The average molecular weight is 384 g/mol. The van der Waals surface area contributed by atoms with Crippen LogP contribution in [0, 0.1) is 5.92 Å². The van der Waals surface area contributed by atoms with Crippen LogP contribution in [-0.4, -0.2) is 68.8 Å². The Hall–Kier alpha value is -2.48. The summed E-state index contributed by atoms with van der Waals surface area (Å²) < 4.78 is 3.75. The molecule has 0 unspecified atom stereocenters. The summed E-state index contributed by atoms with van der Waals surface area (Å²) in [6, 6.07) is 5.67. The highest BCUT2D eigenvalue weighted by molar-refractivity contribution is 5.76. The van der Waals surface area contributed by atoms with E-state index in [0.717, 1.165) is 31.6 Å². The number of hydrogen-bond donors (Lipinski definition) is 0. The first-order valence-electron chi connectivity index (χ1n) is 9.99. The van der Waals surface area contributed by atoms with E-state index in [1.165, 1.54) is 6.33 Å². The highest BCUT2D eigenvalue weighted by Crippen LogP contribution is 2.41. The van der Waals surface area contributed by atoms with Crippen LogP contribution in [0.3, 0.4) is 0 Å². The van der Waals surface area contributed by atoms with Gasteiger partial charge in [0.15, 0.2) is 0 Å². The second-order valence-electron chi connectivity index (χ2n) is 8.24. The first-order valence-corrected chi connectivity index (χ1v) is 9.99. The monoisotopic (exact) mass is 384 g/mol. The van der Waals surface area contributed by atoms with Crippen molar-refractivity contribution in [3.63, 3.8) is 0 Å². The lowest BCUT2D eigenvalue weighted by atomic mass is 9.78. The van der Waals surface area contributed by atoms with E-state index < -0.39 is 0 Å². The number of nitrogens with zero attached hydrogens (tertiary/aromatic N) is 6. The molecular formula is C20H28N6O2. The molecule has 4 heterocycles. The van der Waals surface area contributed by atoms with Crippen LogP contribution in [0.5, 0.6) is 0 Å². The standard InChI is InChI=1S/C20H28N6O2/c1-23(2)12-18-16-9-15(17-5-3-6-20(28)26(17)18)10-24(11-16)19(27)7-4-8-25-14-21-13-22-25/h3,5-6,13-16,18H,4,7-12H2,1-2H3/t15-,16+,18+/m1/s1. The summed E-state index contributed by atoms with van der Waals surface area (Å²) in [4.78, 5) is 33.6. The number of likely N-dealkylation sites (tertiary alicyclic amines) is 1. The van der Waals surface area contributed by atoms with Crippen molar-refractivity contribution >= 4 is 5.91 Å². The Morgan fingerprint density at radius 2 is 2.14 bits per heavy atom. The fourth-order valence-corrected chi connectivity index (χ4v) is 4.75. The van der Waals surface area contributed by atoms with E-state index in [0.29, 0.717) is 25.4 Å². The molecule has 28 heavy (non-hydrogen) atoms. The minimum absolute atomic E-state index is 0.0756. The third-order valence-electron chi connectivity index (χ3n) is 5.95. The minimum atomic E-state index is 0.0756.